The van der Waals surface area contributed by atoms with Crippen LogP contribution in [0.1, 0.15) is 12.6 Å². The molecule has 6 nitrogen and oxygen atoms in total. The van der Waals surface area contributed by atoms with Crippen LogP contribution in [-0.2, 0) is 22.2 Å². The van der Waals surface area contributed by atoms with Crippen molar-refractivity contribution < 1.29 is 9.53 Å². The lowest BCUT2D eigenvalue weighted by Gasteiger charge is -2.48. The van der Waals surface area contributed by atoms with Gasteiger partial charge in [0, 0.05) is 21.1 Å². The molecule has 2 heterocycles. The molecule has 0 bridgehead atoms. The second-order valence-corrected chi connectivity index (χ2v) is 3.82. The molecule has 6 heteroatoms. The highest BCUT2D eigenvalue weighted by Gasteiger charge is 2.48. The smallest absolute Gasteiger partial charge is 0.219 e. The Bertz CT molecular complexity index is 381. The molecule has 82 valence electrons. The van der Waals surface area contributed by atoms with Crippen molar-refractivity contribution >= 4 is 5.91 Å². The third-order valence-electron chi connectivity index (χ3n) is 2.91. The van der Waals surface area contributed by atoms with Crippen molar-refractivity contribution in [3.63, 3.8) is 0 Å². The van der Waals surface area contributed by atoms with Gasteiger partial charge in [-0.05, 0) is 0 Å². The molecular formula is C9H14N4O2. The number of aromatic nitrogens is 3. The second-order valence-electron chi connectivity index (χ2n) is 3.82. The van der Waals surface area contributed by atoms with Crippen LogP contribution in [0.3, 0.4) is 0 Å². The lowest BCUT2D eigenvalue weighted by Crippen LogP contribution is -2.62. The monoisotopic (exact) mass is 210 g/mol. The number of likely N-dealkylation sites (tertiary alicyclic amines) is 1. The molecule has 0 radical (unpaired) electrons. The number of rotatable bonds is 2. The fourth-order valence-corrected chi connectivity index (χ4v) is 1.89. The van der Waals surface area contributed by atoms with Gasteiger partial charge < -0.3 is 9.64 Å². The maximum Gasteiger partial charge on any atom is 0.219 e. The quantitative estimate of drug-likeness (QED) is 0.661. The first kappa shape index (κ1) is 10.1. The third kappa shape index (κ3) is 1.41. The Balaban J connectivity index is 2.21. The van der Waals surface area contributed by atoms with E-state index in [0.717, 1.165) is 5.69 Å². The van der Waals surface area contributed by atoms with Gasteiger partial charge in [-0.25, -0.2) is 4.68 Å². The highest BCUT2D eigenvalue weighted by Crippen LogP contribution is 2.34. The number of carbonyl (C=O) groups excluding carboxylic acids is 1. The molecule has 0 saturated carbocycles. The predicted octanol–water partition coefficient (Wildman–Crippen LogP) is -0.481. The Morgan fingerprint density at radius 3 is 2.67 bits per heavy atom. The van der Waals surface area contributed by atoms with Gasteiger partial charge in [-0.3, -0.25) is 4.79 Å². The fourth-order valence-electron chi connectivity index (χ4n) is 1.89. The first-order valence-corrected chi connectivity index (χ1v) is 4.75. The number of carbonyl (C=O) groups is 1. The molecule has 0 aromatic carbocycles. The van der Waals surface area contributed by atoms with E-state index in [2.05, 4.69) is 10.3 Å². The summed E-state index contributed by atoms with van der Waals surface area (Å²) < 4.78 is 7.17. The summed E-state index contributed by atoms with van der Waals surface area (Å²) in [5.74, 6) is 0.0674. The van der Waals surface area contributed by atoms with E-state index in [1.54, 1.807) is 29.8 Å². The molecular weight excluding hydrogens is 196 g/mol. The van der Waals surface area contributed by atoms with Crippen molar-refractivity contribution in [2.24, 2.45) is 7.05 Å². The Hall–Kier alpha value is -1.43. The SMILES string of the molecule is COC1(c2cnnn2C)CN(C(C)=O)C1. The van der Waals surface area contributed by atoms with Gasteiger partial charge in [0.2, 0.25) is 5.91 Å². The number of hydrogen-bond donors (Lipinski definition) is 0. The molecule has 2 rings (SSSR count). The first-order valence-electron chi connectivity index (χ1n) is 4.75. The molecule has 0 spiro atoms. The Morgan fingerprint density at radius 2 is 2.27 bits per heavy atom. The van der Waals surface area contributed by atoms with Gasteiger partial charge in [0.05, 0.1) is 25.0 Å². The number of methoxy groups -OCH3 is 1. The molecule has 15 heavy (non-hydrogen) atoms. The Morgan fingerprint density at radius 1 is 1.60 bits per heavy atom. The minimum atomic E-state index is -0.427. The second kappa shape index (κ2) is 3.30. The normalized spacial score (nSPS) is 18.7. The molecule has 1 aliphatic heterocycles. The fraction of sp³-hybridized carbons (Fsp3) is 0.667. The van der Waals surface area contributed by atoms with Crippen molar-refractivity contribution in [3.05, 3.63) is 11.9 Å². The summed E-state index contributed by atoms with van der Waals surface area (Å²) >= 11 is 0. The zero-order valence-electron chi connectivity index (χ0n) is 9.10. The number of aryl methyl sites for hydroxylation is 1. The Kier molecular flexibility index (Phi) is 2.22. The molecule has 1 fully saturated rings. The molecule has 1 aliphatic rings. The summed E-state index contributed by atoms with van der Waals surface area (Å²) in [6.45, 7) is 2.70. The zero-order chi connectivity index (χ0) is 11.1. The Labute approximate surface area is 87.8 Å². The van der Waals surface area contributed by atoms with Crippen molar-refractivity contribution in [2.45, 2.75) is 12.5 Å². The van der Waals surface area contributed by atoms with Crippen LogP contribution in [0.5, 0.6) is 0 Å². The van der Waals surface area contributed by atoms with Gasteiger partial charge >= 0.3 is 0 Å². The lowest BCUT2D eigenvalue weighted by atomic mass is 9.90. The molecule has 0 unspecified atom stereocenters. The van der Waals surface area contributed by atoms with E-state index in [0.29, 0.717) is 13.1 Å². The third-order valence-corrected chi connectivity index (χ3v) is 2.91. The van der Waals surface area contributed by atoms with E-state index >= 15 is 0 Å². The topological polar surface area (TPSA) is 60.3 Å². The summed E-state index contributed by atoms with van der Waals surface area (Å²) in [7, 11) is 3.46. The van der Waals surface area contributed by atoms with Crippen LogP contribution in [0, 0.1) is 0 Å². The maximum absolute atomic E-state index is 11.1. The van der Waals surface area contributed by atoms with E-state index in [9.17, 15) is 4.79 Å². The largest absolute Gasteiger partial charge is 0.368 e. The van der Waals surface area contributed by atoms with Crippen LogP contribution in [0.4, 0.5) is 0 Å². The number of amides is 1. The number of nitrogens with zero attached hydrogens (tertiary/aromatic N) is 4. The van der Waals surface area contributed by atoms with Crippen LogP contribution in [-0.4, -0.2) is 46.0 Å². The van der Waals surface area contributed by atoms with E-state index in [1.807, 2.05) is 7.05 Å². The molecule has 0 N–H and O–H groups in total. The summed E-state index contributed by atoms with van der Waals surface area (Å²) in [6.07, 6.45) is 1.68. The van der Waals surface area contributed by atoms with Crippen LogP contribution in [0.15, 0.2) is 6.20 Å². The van der Waals surface area contributed by atoms with Gasteiger partial charge in [0.1, 0.15) is 5.60 Å². The van der Waals surface area contributed by atoms with E-state index < -0.39 is 5.60 Å². The average Bonchev–Trinajstić information content (AvgIpc) is 2.51. The van der Waals surface area contributed by atoms with E-state index in [1.165, 1.54) is 0 Å². The minimum absolute atomic E-state index is 0.0674. The number of ether oxygens (including phenoxy) is 1. The summed E-state index contributed by atoms with van der Waals surface area (Å²) in [5.41, 5.74) is 0.478. The van der Waals surface area contributed by atoms with Crippen molar-refractivity contribution in [2.75, 3.05) is 20.2 Å². The highest BCUT2D eigenvalue weighted by molar-refractivity contribution is 5.74. The molecule has 0 atom stereocenters. The highest BCUT2D eigenvalue weighted by atomic mass is 16.5. The average molecular weight is 210 g/mol. The molecule has 1 saturated heterocycles. The van der Waals surface area contributed by atoms with E-state index in [4.69, 9.17) is 4.74 Å². The van der Waals surface area contributed by atoms with Gasteiger partial charge in [-0.15, -0.1) is 5.10 Å². The van der Waals surface area contributed by atoms with Gasteiger partial charge in [-0.1, -0.05) is 5.21 Å². The van der Waals surface area contributed by atoms with Gasteiger partial charge in [0.25, 0.3) is 0 Å². The summed E-state index contributed by atoms with van der Waals surface area (Å²) in [6, 6.07) is 0. The first-order chi connectivity index (χ1) is 7.09. The molecule has 1 aromatic heterocycles. The molecule has 1 amide bonds. The maximum atomic E-state index is 11.1. The molecule has 0 aliphatic carbocycles. The van der Waals surface area contributed by atoms with Gasteiger partial charge in [-0.2, -0.15) is 0 Å². The van der Waals surface area contributed by atoms with Crippen molar-refractivity contribution in [1.29, 1.82) is 0 Å². The summed E-state index contributed by atoms with van der Waals surface area (Å²) in [4.78, 5) is 12.8. The van der Waals surface area contributed by atoms with Crippen LogP contribution in [0.2, 0.25) is 0 Å². The van der Waals surface area contributed by atoms with Crippen LogP contribution >= 0.6 is 0 Å². The van der Waals surface area contributed by atoms with E-state index in [-0.39, 0.29) is 5.91 Å². The van der Waals surface area contributed by atoms with Gasteiger partial charge in [0.15, 0.2) is 0 Å². The standard InChI is InChI=1S/C9H14N4O2/c1-7(14)13-5-9(6-13,15-3)8-4-10-11-12(8)2/h4H,5-6H2,1-3H3. The summed E-state index contributed by atoms with van der Waals surface area (Å²) in [5, 5.41) is 7.68. The van der Waals surface area contributed by atoms with Crippen molar-refractivity contribution in [1.82, 2.24) is 19.9 Å². The minimum Gasteiger partial charge on any atom is -0.368 e. The van der Waals surface area contributed by atoms with Crippen LogP contribution < -0.4 is 0 Å². The van der Waals surface area contributed by atoms with Crippen molar-refractivity contribution in [3.8, 4) is 0 Å². The number of hydrogen-bond acceptors (Lipinski definition) is 4. The lowest BCUT2D eigenvalue weighted by molar-refractivity contribution is -0.164. The zero-order valence-corrected chi connectivity index (χ0v) is 9.10. The predicted molar refractivity (Wildman–Crippen MR) is 51.9 cm³/mol. The van der Waals surface area contributed by atoms with Crippen LogP contribution in [0.25, 0.3) is 0 Å². The molecule has 1 aromatic rings.